The lowest BCUT2D eigenvalue weighted by Crippen LogP contribution is -2.44. The molecule has 0 saturated carbocycles. The number of fused-ring (bicyclic) bond motifs is 1. The summed E-state index contributed by atoms with van der Waals surface area (Å²) < 4.78 is 0. The van der Waals surface area contributed by atoms with Crippen molar-refractivity contribution in [3.05, 3.63) is 42.0 Å². The van der Waals surface area contributed by atoms with Crippen LogP contribution in [0.5, 0.6) is 5.75 Å². The highest BCUT2D eigenvalue weighted by atomic mass is 16.3. The Morgan fingerprint density at radius 1 is 1.19 bits per heavy atom. The first-order chi connectivity index (χ1) is 10.1. The number of likely N-dealkylation sites (tertiary alicyclic amines) is 1. The van der Waals surface area contributed by atoms with Gasteiger partial charge in [-0.05, 0) is 48.6 Å². The summed E-state index contributed by atoms with van der Waals surface area (Å²) in [4.78, 5) is 14.6. The Morgan fingerprint density at radius 3 is 2.52 bits per heavy atom. The molecule has 0 spiro atoms. The summed E-state index contributed by atoms with van der Waals surface area (Å²) in [7, 11) is 0. The van der Waals surface area contributed by atoms with Crippen LogP contribution in [0.25, 0.3) is 10.8 Å². The zero-order valence-corrected chi connectivity index (χ0v) is 12.5. The van der Waals surface area contributed by atoms with Gasteiger partial charge in [0.1, 0.15) is 5.75 Å². The van der Waals surface area contributed by atoms with Crippen LogP contribution < -0.4 is 0 Å². The molecule has 110 valence electrons. The number of hydrogen-bond acceptors (Lipinski definition) is 2. The molecule has 2 atom stereocenters. The molecule has 0 aliphatic carbocycles. The van der Waals surface area contributed by atoms with Crippen LogP contribution in [0.2, 0.25) is 0 Å². The number of nitrogens with zero attached hydrogens (tertiary/aromatic N) is 1. The van der Waals surface area contributed by atoms with Crippen molar-refractivity contribution in [2.75, 3.05) is 6.54 Å². The van der Waals surface area contributed by atoms with E-state index in [1.165, 1.54) is 0 Å². The maximum Gasteiger partial charge on any atom is 0.257 e. The average Bonchev–Trinajstić information content (AvgIpc) is 2.46. The third-order valence-corrected chi connectivity index (χ3v) is 4.49. The van der Waals surface area contributed by atoms with Crippen molar-refractivity contribution in [1.82, 2.24) is 4.90 Å². The van der Waals surface area contributed by atoms with Crippen LogP contribution in [0.4, 0.5) is 0 Å². The zero-order valence-electron chi connectivity index (χ0n) is 12.5. The van der Waals surface area contributed by atoms with Gasteiger partial charge in [-0.1, -0.05) is 31.2 Å². The third-order valence-electron chi connectivity index (χ3n) is 4.49. The first-order valence-electron chi connectivity index (χ1n) is 7.59. The van der Waals surface area contributed by atoms with E-state index in [0.717, 1.165) is 30.2 Å². The van der Waals surface area contributed by atoms with Crippen LogP contribution in [0.15, 0.2) is 36.4 Å². The second-order valence-electron chi connectivity index (χ2n) is 6.19. The molecule has 1 aliphatic rings. The van der Waals surface area contributed by atoms with Gasteiger partial charge >= 0.3 is 0 Å². The molecule has 1 heterocycles. The van der Waals surface area contributed by atoms with E-state index < -0.39 is 0 Å². The Hall–Kier alpha value is -2.03. The molecule has 2 aromatic rings. The smallest absolute Gasteiger partial charge is 0.257 e. The van der Waals surface area contributed by atoms with Gasteiger partial charge in [-0.3, -0.25) is 4.79 Å². The van der Waals surface area contributed by atoms with Crippen LogP contribution in [0, 0.1) is 5.92 Å². The molecule has 1 amide bonds. The number of amides is 1. The van der Waals surface area contributed by atoms with Gasteiger partial charge in [-0.25, -0.2) is 0 Å². The van der Waals surface area contributed by atoms with E-state index in [2.05, 4.69) is 13.8 Å². The monoisotopic (exact) mass is 283 g/mol. The van der Waals surface area contributed by atoms with Gasteiger partial charge < -0.3 is 10.0 Å². The first kappa shape index (κ1) is 13.9. The lowest BCUT2D eigenvalue weighted by atomic mass is 9.92. The summed E-state index contributed by atoms with van der Waals surface area (Å²) in [5.41, 5.74) is 0.412. The molecule has 3 heteroatoms. The molecule has 2 unspecified atom stereocenters. The Bertz CT molecular complexity index is 680. The maximum atomic E-state index is 12.7. The van der Waals surface area contributed by atoms with Crippen LogP contribution in [0.3, 0.4) is 0 Å². The second-order valence-corrected chi connectivity index (χ2v) is 6.19. The normalized spacial score (nSPS) is 22.5. The van der Waals surface area contributed by atoms with Crippen molar-refractivity contribution in [2.45, 2.75) is 32.7 Å². The molecule has 2 aromatic carbocycles. The van der Waals surface area contributed by atoms with Gasteiger partial charge in [0.25, 0.3) is 5.91 Å². The summed E-state index contributed by atoms with van der Waals surface area (Å²) in [6.07, 6.45) is 2.06. The number of aromatic hydroxyl groups is 1. The summed E-state index contributed by atoms with van der Waals surface area (Å²) in [6.45, 7) is 5.09. The standard InChI is InChI=1S/C18H21NO2/c1-12-7-8-19(13(2)9-12)18(21)16-10-14-5-3-4-6-15(14)11-17(16)20/h3-6,10-13,20H,7-9H2,1-2H3. The van der Waals surface area contributed by atoms with Crippen molar-refractivity contribution < 1.29 is 9.90 Å². The van der Waals surface area contributed by atoms with E-state index in [-0.39, 0.29) is 17.7 Å². The molecule has 21 heavy (non-hydrogen) atoms. The predicted octanol–water partition coefficient (Wildman–Crippen LogP) is 3.81. The van der Waals surface area contributed by atoms with Crippen LogP contribution in [0.1, 0.15) is 37.0 Å². The van der Waals surface area contributed by atoms with Gasteiger partial charge in [0, 0.05) is 12.6 Å². The first-order valence-corrected chi connectivity index (χ1v) is 7.59. The average molecular weight is 283 g/mol. The molecular formula is C18H21NO2. The van der Waals surface area contributed by atoms with Gasteiger partial charge in [0.05, 0.1) is 5.56 Å². The lowest BCUT2D eigenvalue weighted by molar-refractivity contribution is 0.0586. The summed E-state index contributed by atoms with van der Waals surface area (Å²) in [5.74, 6) is 0.677. The molecule has 3 rings (SSSR count). The highest BCUT2D eigenvalue weighted by molar-refractivity contribution is 6.01. The maximum absolute atomic E-state index is 12.7. The van der Waals surface area contributed by atoms with E-state index >= 15 is 0 Å². The fourth-order valence-electron chi connectivity index (χ4n) is 3.26. The number of rotatable bonds is 1. The van der Waals surface area contributed by atoms with Gasteiger partial charge in [0.2, 0.25) is 0 Å². The SMILES string of the molecule is CC1CCN(C(=O)c2cc3ccccc3cc2O)C(C)C1. The van der Waals surface area contributed by atoms with Gasteiger partial charge in [-0.2, -0.15) is 0 Å². The number of phenolic OH excluding ortho intramolecular Hbond substituents is 1. The minimum atomic E-state index is -0.0577. The number of piperidine rings is 1. The Morgan fingerprint density at radius 2 is 1.86 bits per heavy atom. The fraction of sp³-hybridized carbons (Fsp3) is 0.389. The van der Waals surface area contributed by atoms with Crippen LogP contribution in [-0.4, -0.2) is 28.5 Å². The Labute approximate surface area is 125 Å². The minimum absolute atomic E-state index is 0.0577. The fourth-order valence-corrected chi connectivity index (χ4v) is 3.26. The Balaban J connectivity index is 1.96. The van der Waals surface area contributed by atoms with Crippen molar-refractivity contribution in [2.24, 2.45) is 5.92 Å². The molecule has 1 N–H and O–H groups in total. The molecule has 0 aromatic heterocycles. The van der Waals surface area contributed by atoms with Gasteiger partial charge in [-0.15, -0.1) is 0 Å². The molecular weight excluding hydrogens is 262 g/mol. The zero-order chi connectivity index (χ0) is 15.0. The van der Waals surface area contributed by atoms with E-state index in [0.29, 0.717) is 11.5 Å². The van der Waals surface area contributed by atoms with Crippen molar-refractivity contribution >= 4 is 16.7 Å². The molecule has 1 fully saturated rings. The topological polar surface area (TPSA) is 40.5 Å². The van der Waals surface area contributed by atoms with E-state index in [4.69, 9.17) is 0 Å². The van der Waals surface area contributed by atoms with E-state index in [9.17, 15) is 9.90 Å². The highest BCUT2D eigenvalue weighted by Crippen LogP contribution is 2.29. The number of hydrogen-bond donors (Lipinski definition) is 1. The van der Waals surface area contributed by atoms with Crippen molar-refractivity contribution in [3.63, 3.8) is 0 Å². The van der Waals surface area contributed by atoms with Crippen molar-refractivity contribution in [3.8, 4) is 5.75 Å². The molecule has 3 nitrogen and oxygen atoms in total. The van der Waals surface area contributed by atoms with E-state index in [1.807, 2.05) is 29.2 Å². The largest absolute Gasteiger partial charge is 0.507 e. The van der Waals surface area contributed by atoms with Crippen LogP contribution in [-0.2, 0) is 0 Å². The minimum Gasteiger partial charge on any atom is -0.507 e. The Kier molecular flexibility index (Phi) is 3.58. The van der Waals surface area contributed by atoms with Gasteiger partial charge in [0.15, 0.2) is 0 Å². The lowest BCUT2D eigenvalue weighted by Gasteiger charge is -2.36. The molecule has 0 bridgehead atoms. The summed E-state index contributed by atoms with van der Waals surface area (Å²) >= 11 is 0. The molecule has 0 radical (unpaired) electrons. The number of benzene rings is 2. The highest BCUT2D eigenvalue weighted by Gasteiger charge is 2.28. The molecule has 1 aliphatic heterocycles. The number of carbonyl (C=O) groups is 1. The quantitative estimate of drug-likeness (QED) is 0.864. The summed E-state index contributed by atoms with van der Waals surface area (Å²) in [6, 6.07) is 11.5. The van der Waals surface area contributed by atoms with E-state index in [1.54, 1.807) is 12.1 Å². The number of carbonyl (C=O) groups excluding carboxylic acids is 1. The number of phenols is 1. The van der Waals surface area contributed by atoms with Crippen molar-refractivity contribution in [1.29, 1.82) is 0 Å². The van der Waals surface area contributed by atoms with Crippen LogP contribution >= 0.6 is 0 Å². The predicted molar refractivity (Wildman–Crippen MR) is 84.5 cm³/mol. The second kappa shape index (κ2) is 5.40. The summed E-state index contributed by atoms with van der Waals surface area (Å²) in [5, 5.41) is 12.1. The third kappa shape index (κ3) is 2.60. The molecule has 1 saturated heterocycles.